The van der Waals surface area contributed by atoms with Crippen molar-refractivity contribution in [3.63, 3.8) is 0 Å². The van der Waals surface area contributed by atoms with Crippen molar-refractivity contribution in [1.29, 1.82) is 0 Å². The number of piperazine rings is 1. The van der Waals surface area contributed by atoms with E-state index >= 15 is 0 Å². The van der Waals surface area contributed by atoms with Gasteiger partial charge in [0, 0.05) is 44.3 Å². The Labute approximate surface area is 140 Å². The van der Waals surface area contributed by atoms with E-state index in [1.54, 1.807) is 11.3 Å². The average molecular weight is 327 g/mol. The molecule has 0 amide bonds. The summed E-state index contributed by atoms with van der Waals surface area (Å²) in [4.78, 5) is 14.2. The molecule has 1 atom stereocenters. The van der Waals surface area contributed by atoms with Crippen molar-refractivity contribution in [2.45, 2.75) is 19.5 Å². The van der Waals surface area contributed by atoms with Gasteiger partial charge in [0.15, 0.2) is 5.13 Å². The molecule has 0 saturated carbocycles. The number of rotatable bonds is 3. The van der Waals surface area contributed by atoms with Crippen LogP contribution < -0.4 is 4.90 Å². The Bertz CT molecular complexity index is 795. The molecule has 1 fully saturated rings. The summed E-state index contributed by atoms with van der Waals surface area (Å²) < 4.78 is 2.22. The van der Waals surface area contributed by atoms with E-state index in [4.69, 9.17) is 4.98 Å². The second-order valence-electron chi connectivity index (χ2n) is 6.17. The van der Waals surface area contributed by atoms with Gasteiger partial charge in [-0.3, -0.25) is 4.90 Å². The van der Waals surface area contributed by atoms with Gasteiger partial charge in [0.1, 0.15) is 5.82 Å². The van der Waals surface area contributed by atoms with E-state index in [1.165, 1.54) is 5.52 Å². The Balaban J connectivity index is 1.48. The maximum absolute atomic E-state index is 4.80. The van der Waals surface area contributed by atoms with E-state index in [1.807, 2.05) is 17.6 Å². The molecular formula is C17H21N5S. The molecule has 0 N–H and O–H groups in total. The molecule has 23 heavy (non-hydrogen) atoms. The molecule has 1 aliphatic heterocycles. The second-order valence-corrected chi connectivity index (χ2v) is 7.04. The van der Waals surface area contributed by atoms with Crippen LogP contribution in [0.2, 0.25) is 0 Å². The first kappa shape index (κ1) is 14.7. The van der Waals surface area contributed by atoms with Crippen LogP contribution in [-0.4, -0.2) is 45.1 Å². The highest BCUT2D eigenvalue weighted by Gasteiger charge is 2.26. The first-order chi connectivity index (χ1) is 11.2. The summed E-state index contributed by atoms with van der Waals surface area (Å²) in [5, 5.41) is 3.19. The van der Waals surface area contributed by atoms with Crippen molar-refractivity contribution in [2.24, 2.45) is 7.05 Å². The number of para-hydroxylation sites is 2. The third kappa shape index (κ3) is 2.72. The summed E-state index contributed by atoms with van der Waals surface area (Å²) in [6, 6.07) is 8.82. The lowest BCUT2D eigenvalue weighted by atomic mass is 10.2. The number of hydrogen-bond donors (Lipinski definition) is 0. The zero-order chi connectivity index (χ0) is 15.8. The van der Waals surface area contributed by atoms with Gasteiger partial charge in [0.25, 0.3) is 0 Å². The Morgan fingerprint density at radius 3 is 2.87 bits per heavy atom. The summed E-state index contributed by atoms with van der Waals surface area (Å²) in [5.41, 5.74) is 2.29. The maximum atomic E-state index is 4.80. The van der Waals surface area contributed by atoms with E-state index in [-0.39, 0.29) is 0 Å². The van der Waals surface area contributed by atoms with E-state index in [9.17, 15) is 0 Å². The normalized spacial score (nSPS) is 19.6. The number of imidazole rings is 1. The first-order valence-corrected chi connectivity index (χ1v) is 8.89. The number of fused-ring (bicyclic) bond motifs is 1. The molecule has 4 rings (SSSR count). The van der Waals surface area contributed by atoms with Crippen molar-refractivity contribution in [3.05, 3.63) is 41.7 Å². The molecule has 3 heterocycles. The minimum Gasteiger partial charge on any atom is -0.343 e. The lowest BCUT2D eigenvalue weighted by molar-refractivity contribution is 0.214. The van der Waals surface area contributed by atoms with E-state index in [0.29, 0.717) is 6.04 Å². The van der Waals surface area contributed by atoms with Crippen LogP contribution in [0.15, 0.2) is 35.8 Å². The van der Waals surface area contributed by atoms with Gasteiger partial charge in [-0.05, 0) is 19.1 Å². The molecule has 120 valence electrons. The molecule has 3 aromatic rings. The third-order valence-corrected chi connectivity index (χ3v) is 5.43. The van der Waals surface area contributed by atoms with Crippen molar-refractivity contribution < 1.29 is 0 Å². The van der Waals surface area contributed by atoms with Gasteiger partial charge >= 0.3 is 0 Å². The Morgan fingerprint density at radius 2 is 2.13 bits per heavy atom. The van der Waals surface area contributed by atoms with Gasteiger partial charge < -0.3 is 9.47 Å². The van der Waals surface area contributed by atoms with Crippen LogP contribution in [0.5, 0.6) is 0 Å². The third-order valence-electron chi connectivity index (χ3n) is 4.62. The van der Waals surface area contributed by atoms with Crippen LogP contribution in [0, 0.1) is 0 Å². The van der Waals surface area contributed by atoms with Gasteiger partial charge in [-0.25, -0.2) is 9.97 Å². The van der Waals surface area contributed by atoms with Gasteiger partial charge in [-0.1, -0.05) is 12.1 Å². The van der Waals surface area contributed by atoms with Crippen LogP contribution in [-0.2, 0) is 13.6 Å². The molecule has 0 aliphatic carbocycles. The minimum absolute atomic E-state index is 0.476. The van der Waals surface area contributed by atoms with E-state index in [2.05, 4.69) is 51.5 Å². The molecule has 5 nitrogen and oxygen atoms in total. The van der Waals surface area contributed by atoms with Crippen molar-refractivity contribution >= 4 is 27.5 Å². The van der Waals surface area contributed by atoms with Gasteiger partial charge in [0.05, 0.1) is 17.6 Å². The monoisotopic (exact) mass is 327 g/mol. The molecule has 2 aromatic heterocycles. The molecule has 0 radical (unpaired) electrons. The van der Waals surface area contributed by atoms with Gasteiger partial charge in [-0.15, -0.1) is 11.3 Å². The number of hydrogen-bond acceptors (Lipinski definition) is 5. The number of thiazole rings is 1. The van der Waals surface area contributed by atoms with Crippen LogP contribution in [0.3, 0.4) is 0 Å². The number of aryl methyl sites for hydroxylation is 1. The fourth-order valence-corrected chi connectivity index (χ4v) is 4.13. The molecule has 1 saturated heterocycles. The molecule has 0 spiro atoms. The highest BCUT2D eigenvalue weighted by molar-refractivity contribution is 7.13. The van der Waals surface area contributed by atoms with E-state index < -0.39 is 0 Å². The van der Waals surface area contributed by atoms with Gasteiger partial charge in [0.2, 0.25) is 0 Å². The summed E-state index contributed by atoms with van der Waals surface area (Å²) in [7, 11) is 2.11. The number of anilines is 1. The fourth-order valence-electron chi connectivity index (χ4n) is 3.36. The Morgan fingerprint density at radius 1 is 1.26 bits per heavy atom. The summed E-state index contributed by atoms with van der Waals surface area (Å²) in [6.45, 7) is 6.30. The van der Waals surface area contributed by atoms with Crippen LogP contribution in [0.4, 0.5) is 5.13 Å². The number of nitrogens with zero attached hydrogens (tertiary/aromatic N) is 5. The van der Waals surface area contributed by atoms with Crippen LogP contribution in [0.1, 0.15) is 12.7 Å². The summed E-state index contributed by atoms with van der Waals surface area (Å²) in [5.74, 6) is 1.14. The topological polar surface area (TPSA) is 37.2 Å². The smallest absolute Gasteiger partial charge is 0.185 e. The molecule has 0 unspecified atom stereocenters. The van der Waals surface area contributed by atoms with Crippen LogP contribution in [0.25, 0.3) is 11.0 Å². The number of aromatic nitrogens is 3. The zero-order valence-corrected chi connectivity index (χ0v) is 14.3. The molecular weight excluding hydrogens is 306 g/mol. The molecule has 6 heteroatoms. The lowest BCUT2D eigenvalue weighted by Crippen LogP contribution is -2.51. The molecule has 1 aromatic carbocycles. The van der Waals surface area contributed by atoms with Crippen molar-refractivity contribution in [3.8, 4) is 0 Å². The summed E-state index contributed by atoms with van der Waals surface area (Å²) in [6.07, 6.45) is 1.89. The quantitative estimate of drug-likeness (QED) is 0.741. The Hall–Kier alpha value is -1.92. The summed E-state index contributed by atoms with van der Waals surface area (Å²) >= 11 is 1.72. The lowest BCUT2D eigenvalue weighted by Gasteiger charge is -2.39. The predicted molar refractivity (Wildman–Crippen MR) is 94.9 cm³/mol. The SMILES string of the molecule is C[C@H]1CN(Cc2nc3ccccc3n2C)CCN1c1nccs1. The van der Waals surface area contributed by atoms with E-state index in [0.717, 1.165) is 42.7 Å². The first-order valence-electron chi connectivity index (χ1n) is 8.01. The average Bonchev–Trinajstić information content (AvgIpc) is 3.17. The molecule has 0 bridgehead atoms. The van der Waals surface area contributed by atoms with Gasteiger partial charge in [-0.2, -0.15) is 0 Å². The molecule has 1 aliphatic rings. The largest absolute Gasteiger partial charge is 0.343 e. The van der Waals surface area contributed by atoms with Crippen LogP contribution >= 0.6 is 11.3 Å². The van der Waals surface area contributed by atoms with Crippen molar-refractivity contribution in [2.75, 3.05) is 24.5 Å². The maximum Gasteiger partial charge on any atom is 0.185 e. The minimum atomic E-state index is 0.476. The predicted octanol–water partition coefficient (Wildman–Crippen LogP) is 2.74. The number of benzene rings is 1. The highest BCUT2D eigenvalue weighted by Crippen LogP contribution is 2.23. The standard InChI is InChI=1S/C17H21N5S/c1-13-11-21(8-9-22(13)17-18-7-10-23-17)12-16-19-14-5-3-4-6-15(14)20(16)2/h3-7,10,13H,8-9,11-12H2,1-2H3/t13-/m0/s1. The van der Waals surface area contributed by atoms with Crippen molar-refractivity contribution in [1.82, 2.24) is 19.4 Å². The fraction of sp³-hybridized carbons (Fsp3) is 0.412. The highest BCUT2D eigenvalue weighted by atomic mass is 32.1. The Kier molecular flexibility index (Phi) is 3.79. The second kappa shape index (κ2) is 5.94. The zero-order valence-electron chi connectivity index (χ0n) is 13.5.